The van der Waals surface area contributed by atoms with Crippen LogP contribution in [0.2, 0.25) is 0 Å². The monoisotopic (exact) mass is 280 g/mol. The minimum absolute atomic E-state index is 0.0116. The van der Waals surface area contributed by atoms with E-state index in [4.69, 9.17) is 0 Å². The van der Waals surface area contributed by atoms with Gasteiger partial charge in [0.15, 0.2) is 0 Å². The fraction of sp³-hybridized carbons (Fsp3) is 0.571. The van der Waals surface area contributed by atoms with Crippen LogP contribution in [0.3, 0.4) is 0 Å². The highest BCUT2D eigenvalue weighted by Crippen LogP contribution is 2.27. The molecule has 1 aromatic rings. The van der Waals surface area contributed by atoms with Gasteiger partial charge in [-0.15, -0.1) is 0 Å². The lowest BCUT2D eigenvalue weighted by molar-refractivity contribution is -0.154. The summed E-state index contributed by atoms with van der Waals surface area (Å²) in [6.45, 7) is 4.69. The third-order valence-electron chi connectivity index (χ3n) is 4.01. The van der Waals surface area contributed by atoms with Gasteiger partial charge in [0.2, 0.25) is 11.8 Å². The summed E-state index contributed by atoms with van der Waals surface area (Å²) in [4.78, 5) is 26.1. The van der Waals surface area contributed by atoms with E-state index < -0.39 is 5.54 Å². The number of nitrogens with one attached hydrogen (secondary N) is 1. The molecule has 104 valence electrons. The molecule has 1 saturated heterocycles. The highest BCUT2D eigenvalue weighted by Gasteiger charge is 2.46. The number of hydrogen-bond donors (Lipinski definition) is 1. The molecule has 5 heteroatoms. The van der Waals surface area contributed by atoms with Gasteiger partial charge in [0.25, 0.3) is 0 Å². The Balaban J connectivity index is 2.17. The van der Waals surface area contributed by atoms with Gasteiger partial charge >= 0.3 is 0 Å². The Hall–Kier alpha value is -1.36. The molecule has 1 aliphatic heterocycles. The molecular formula is C14H20N2O2S. The third kappa shape index (κ3) is 2.52. The molecule has 2 rings (SSSR count). The number of nitrogens with zero attached hydrogens (tertiary/aromatic N) is 1. The third-order valence-corrected chi connectivity index (χ3v) is 4.75. The van der Waals surface area contributed by atoms with Crippen LogP contribution in [0.15, 0.2) is 16.8 Å². The molecule has 0 atom stereocenters. The summed E-state index contributed by atoms with van der Waals surface area (Å²) in [6.07, 6.45) is 2.12. The molecule has 0 aromatic carbocycles. The summed E-state index contributed by atoms with van der Waals surface area (Å²) in [7, 11) is 0. The minimum Gasteiger partial charge on any atom is -0.345 e. The summed E-state index contributed by atoms with van der Waals surface area (Å²) in [6, 6.07) is 2.07. The number of amides is 2. The van der Waals surface area contributed by atoms with Gasteiger partial charge in [0, 0.05) is 6.54 Å². The Kier molecular flexibility index (Phi) is 4.24. The van der Waals surface area contributed by atoms with E-state index in [2.05, 4.69) is 16.8 Å². The lowest BCUT2D eigenvalue weighted by Gasteiger charge is -2.45. The van der Waals surface area contributed by atoms with Gasteiger partial charge in [-0.1, -0.05) is 13.8 Å². The highest BCUT2D eigenvalue weighted by atomic mass is 32.1. The van der Waals surface area contributed by atoms with Crippen molar-refractivity contribution < 1.29 is 9.59 Å². The summed E-state index contributed by atoms with van der Waals surface area (Å²) in [5.41, 5.74) is 0.565. The first-order valence-corrected chi connectivity index (χ1v) is 7.68. The maximum atomic E-state index is 12.2. The van der Waals surface area contributed by atoms with Crippen LogP contribution in [0.1, 0.15) is 32.3 Å². The zero-order valence-corrected chi connectivity index (χ0v) is 12.3. The van der Waals surface area contributed by atoms with Gasteiger partial charge < -0.3 is 10.2 Å². The van der Waals surface area contributed by atoms with E-state index >= 15 is 0 Å². The Morgan fingerprint density at radius 1 is 1.37 bits per heavy atom. The number of carbonyl (C=O) groups excluding carboxylic acids is 2. The Morgan fingerprint density at radius 3 is 2.68 bits per heavy atom. The van der Waals surface area contributed by atoms with Crippen LogP contribution >= 0.6 is 11.3 Å². The van der Waals surface area contributed by atoms with Crippen LogP contribution in [0.5, 0.6) is 0 Å². The molecule has 0 spiro atoms. The molecule has 1 aromatic heterocycles. The molecule has 0 aliphatic carbocycles. The van der Waals surface area contributed by atoms with E-state index in [0.717, 1.165) is 6.42 Å². The van der Waals surface area contributed by atoms with E-state index in [9.17, 15) is 9.59 Å². The molecule has 0 unspecified atom stereocenters. The maximum Gasteiger partial charge on any atom is 0.246 e. The predicted octanol–water partition coefficient (Wildman–Crippen LogP) is 1.81. The van der Waals surface area contributed by atoms with Gasteiger partial charge in [0.05, 0.1) is 6.54 Å². The molecule has 1 N–H and O–H groups in total. The Bertz CT molecular complexity index is 452. The van der Waals surface area contributed by atoms with Gasteiger partial charge in [-0.3, -0.25) is 9.59 Å². The van der Waals surface area contributed by atoms with Crippen molar-refractivity contribution in [3.8, 4) is 0 Å². The Labute approximate surface area is 117 Å². The first-order valence-electron chi connectivity index (χ1n) is 6.74. The van der Waals surface area contributed by atoms with E-state index in [-0.39, 0.29) is 18.4 Å². The van der Waals surface area contributed by atoms with E-state index in [1.807, 2.05) is 19.2 Å². The van der Waals surface area contributed by atoms with Crippen molar-refractivity contribution in [3.05, 3.63) is 22.4 Å². The molecule has 2 amide bonds. The highest BCUT2D eigenvalue weighted by molar-refractivity contribution is 7.07. The minimum atomic E-state index is -0.661. The van der Waals surface area contributed by atoms with Crippen LogP contribution in [0.4, 0.5) is 0 Å². The van der Waals surface area contributed by atoms with Crippen molar-refractivity contribution in [2.75, 3.05) is 13.1 Å². The standard InChI is InChI=1S/C14H20N2O2S/c1-3-14(4-2)13(18)15-9-12(17)16(14)7-5-11-6-8-19-10-11/h6,8,10H,3-5,7,9H2,1-2H3,(H,15,18). The van der Waals surface area contributed by atoms with Crippen molar-refractivity contribution in [2.24, 2.45) is 0 Å². The number of piperazine rings is 1. The topological polar surface area (TPSA) is 49.4 Å². The summed E-state index contributed by atoms with van der Waals surface area (Å²) in [5.74, 6) is 0.0148. The second kappa shape index (κ2) is 5.74. The second-order valence-corrected chi connectivity index (χ2v) is 5.63. The van der Waals surface area contributed by atoms with Gasteiger partial charge in [-0.05, 0) is 41.7 Å². The van der Waals surface area contributed by atoms with Crippen molar-refractivity contribution >= 4 is 23.2 Å². The summed E-state index contributed by atoms with van der Waals surface area (Å²) < 4.78 is 0. The Morgan fingerprint density at radius 2 is 2.11 bits per heavy atom. The molecule has 1 aliphatic rings. The molecular weight excluding hydrogens is 260 g/mol. The van der Waals surface area contributed by atoms with Crippen molar-refractivity contribution in [2.45, 2.75) is 38.6 Å². The smallest absolute Gasteiger partial charge is 0.246 e. The zero-order valence-electron chi connectivity index (χ0n) is 11.4. The molecule has 19 heavy (non-hydrogen) atoms. The van der Waals surface area contributed by atoms with Gasteiger partial charge in [0.1, 0.15) is 5.54 Å². The van der Waals surface area contributed by atoms with E-state index in [1.165, 1.54) is 5.56 Å². The molecule has 0 saturated carbocycles. The first-order chi connectivity index (χ1) is 9.14. The van der Waals surface area contributed by atoms with Crippen LogP contribution in [0.25, 0.3) is 0 Å². The largest absolute Gasteiger partial charge is 0.345 e. The summed E-state index contributed by atoms with van der Waals surface area (Å²) in [5, 5.41) is 6.85. The van der Waals surface area contributed by atoms with Crippen LogP contribution in [0, 0.1) is 0 Å². The van der Waals surface area contributed by atoms with Gasteiger partial charge in [-0.25, -0.2) is 0 Å². The van der Waals surface area contributed by atoms with Gasteiger partial charge in [-0.2, -0.15) is 11.3 Å². The lowest BCUT2D eigenvalue weighted by Crippen LogP contribution is -2.67. The van der Waals surface area contributed by atoms with Crippen LogP contribution < -0.4 is 5.32 Å². The first kappa shape index (κ1) is 14.1. The quantitative estimate of drug-likeness (QED) is 0.894. The summed E-state index contributed by atoms with van der Waals surface area (Å²) >= 11 is 1.66. The number of hydrogen-bond acceptors (Lipinski definition) is 3. The average Bonchev–Trinajstić information content (AvgIpc) is 2.93. The lowest BCUT2D eigenvalue weighted by atomic mass is 9.87. The van der Waals surface area contributed by atoms with Crippen LogP contribution in [-0.2, 0) is 16.0 Å². The molecule has 1 fully saturated rings. The number of rotatable bonds is 5. The fourth-order valence-electron chi connectivity index (χ4n) is 2.74. The van der Waals surface area contributed by atoms with E-state index in [0.29, 0.717) is 19.4 Å². The zero-order chi connectivity index (χ0) is 13.9. The van der Waals surface area contributed by atoms with E-state index in [1.54, 1.807) is 16.2 Å². The molecule has 0 bridgehead atoms. The molecule has 0 radical (unpaired) electrons. The second-order valence-electron chi connectivity index (χ2n) is 4.85. The maximum absolute atomic E-state index is 12.2. The molecule has 4 nitrogen and oxygen atoms in total. The van der Waals surface area contributed by atoms with Crippen LogP contribution in [-0.4, -0.2) is 35.3 Å². The van der Waals surface area contributed by atoms with Crippen molar-refractivity contribution in [1.82, 2.24) is 10.2 Å². The van der Waals surface area contributed by atoms with Crippen molar-refractivity contribution in [1.29, 1.82) is 0 Å². The average molecular weight is 280 g/mol. The SMILES string of the molecule is CCC1(CC)C(=O)NCC(=O)N1CCc1ccsc1. The molecule has 2 heterocycles. The predicted molar refractivity (Wildman–Crippen MR) is 76.1 cm³/mol. The number of thiophene rings is 1. The van der Waals surface area contributed by atoms with Crippen molar-refractivity contribution in [3.63, 3.8) is 0 Å². The number of carbonyl (C=O) groups is 2. The fourth-order valence-corrected chi connectivity index (χ4v) is 3.45. The normalized spacial score (nSPS) is 18.5.